The van der Waals surface area contributed by atoms with Crippen molar-refractivity contribution in [3.05, 3.63) is 28.8 Å². The Hall–Kier alpha value is -0.980. The maximum absolute atomic E-state index is 10.2. The molecule has 0 aliphatic heterocycles. The second-order valence-corrected chi connectivity index (χ2v) is 6.76. The van der Waals surface area contributed by atoms with Crippen LogP contribution in [0.3, 0.4) is 0 Å². The first kappa shape index (κ1) is 13.5. The van der Waals surface area contributed by atoms with Crippen molar-refractivity contribution in [2.24, 2.45) is 0 Å². The molecule has 0 radical (unpaired) electrons. The monoisotopic (exact) mass is 246 g/mol. The average Bonchev–Trinajstić information content (AvgIpc) is 2.28. The number of phenols is 1. The molecule has 0 unspecified atom stereocenters. The first-order valence-electron chi connectivity index (χ1n) is 7.24. The lowest BCUT2D eigenvalue weighted by atomic mass is 9.76. The molecule has 0 saturated heterocycles. The third-order valence-electron chi connectivity index (χ3n) is 4.31. The zero-order chi connectivity index (χ0) is 13.3. The van der Waals surface area contributed by atoms with Gasteiger partial charge in [0.25, 0.3) is 0 Å². The molecule has 0 spiro atoms. The van der Waals surface area contributed by atoms with Crippen LogP contribution in [0.2, 0.25) is 0 Å². The van der Waals surface area contributed by atoms with Crippen LogP contribution in [0.4, 0.5) is 0 Å². The Morgan fingerprint density at radius 3 is 2.22 bits per heavy atom. The van der Waals surface area contributed by atoms with Crippen molar-refractivity contribution in [1.82, 2.24) is 0 Å². The van der Waals surface area contributed by atoms with Crippen molar-refractivity contribution in [2.45, 2.75) is 71.1 Å². The van der Waals surface area contributed by atoms with Gasteiger partial charge in [-0.3, -0.25) is 0 Å². The molecule has 100 valence electrons. The molecular formula is C17H26O. The highest BCUT2D eigenvalue weighted by molar-refractivity contribution is 5.48. The van der Waals surface area contributed by atoms with E-state index in [1.807, 2.05) is 6.07 Å². The van der Waals surface area contributed by atoms with Gasteiger partial charge >= 0.3 is 0 Å². The number of phenolic OH excluding ortho intramolecular Hbond substituents is 1. The lowest BCUT2D eigenvalue weighted by Gasteiger charge is -2.29. The summed E-state index contributed by atoms with van der Waals surface area (Å²) in [7, 11) is 0. The summed E-state index contributed by atoms with van der Waals surface area (Å²) in [5, 5.41) is 10.2. The van der Waals surface area contributed by atoms with Crippen LogP contribution in [0.25, 0.3) is 0 Å². The first-order chi connectivity index (χ1) is 8.41. The van der Waals surface area contributed by atoms with Crippen molar-refractivity contribution in [3.8, 4) is 5.75 Å². The summed E-state index contributed by atoms with van der Waals surface area (Å²) in [5.41, 5.74) is 4.07. The van der Waals surface area contributed by atoms with Crippen molar-refractivity contribution < 1.29 is 5.11 Å². The summed E-state index contributed by atoms with van der Waals surface area (Å²) in [6.45, 7) is 8.93. The summed E-state index contributed by atoms with van der Waals surface area (Å²) in [5.74, 6) is 1.08. The van der Waals surface area contributed by atoms with E-state index in [1.54, 1.807) is 0 Å². The topological polar surface area (TPSA) is 20.2 Å². The van der Waals surface area contributed by atoms with Gasteiger partial charge in [-0.15, -0.1) is 0 Å². The number of benzene rings is 1. The van der Waals surface area contributed by atoms with Crippen LogP contribution in [-0.2, 0) is 5.41 Å². The molecule has 1 fully saturated rings. The summed E-state index contributed by atoms with van der Waals surface area (Å²) >= 11 is 0. The molecule has 1 N–H and O–H groups in total. The molecule has 1 aromatic rings. The van der Waals surface area contributed by atoms with Gasteiger partial charge in [-0.05, 0) is 48.3 Å². The fraction of sp³-hybridized carbons (Fsp3) is 0.647. The van der Waals surface area contributed by atoms with Gasteiger partial charge in [0.05, 0.1) is 0 Å². The van der Waals surface area contributed by atoms with Gasteiger partial charge in [-0.1, -0.05) is 46.1 Å². The zero-order valence-corrected chi connectivity index (χ0v) is 12.2. The molecule has 2 rings (SSSR count). The van der Waals surface area contributed by atoms with Gasteiger partial charge < -0.3 is 5.11 Å². The van der Waals surface area contributed by atoms with Gasteiger partial charge in [0.15, 0.2) is 0 Å². The van der Waals surface area contributed by atoms with Crippen LogP contribution in [0.1, 0.15) is 75.5 Å². The fourth-order valence-corrected chi connectivity index (χ4v) is 3.43. The highest BCUT2D eigenvalue weighted by atomic mass is 16.3. The Morgan fingerprint density at radius 1 is 1.06 bits per heavy atom. The van der Waals surface area contributed by atoms with Crippen molar-refractivity contribution in [2.75, 3.05) is 0 Å². The Bertz CT molecular complexity index is 420. The van der Waals surface area contributed by atoms with Gasteiger partial charge in [0, 0.05) is 5.56 Å². The predicted molar refractivity (Wildman–Crippen MR) is 77.4 cm³/mol. The Kier molecular flexibility index (Phi) is 3.70. The van der Waals surface area contributed by atoms with E-state index in [4.69, 9.17) is 0 Å². The zero-order valence-electron chi connectivity index (χ0n) is 12.2. The van der Waals surface area contributed by atoms with E-state index < -0.39 is 0 Å². The van der Waals surface area contributed by atoms with Gasteiger partial charge in [0.2, 0.25) is 0 Å². The van der Waals surface area contributed by atoms with Crippen LogP contribution < -0.4 is 0 Å². The summed E-state index contributed by atoms with van der Waals surface area (Å²) in [6.07, 6.45) is 6.45. The Labute approximate surface area is 111 Å². The minimum Gasteiger partial charge on any atom is -0.508 e. The molecule has 1 saturated carbocycles. The molecule has 1 aliphatic carbocycles. The molecule has 0 heterocycles. The molecule has 0 aromatic heterocycles. The van der Waals surface area contributed by atoms with E-state index in [0.717, 1.165) is 0 Å². The van der Waals surface area contributed by atoms with Crippen LogP contribution in [0.15, 0.2) is 12.1 Å². The average molecular weight is 246 g/mol. The third-order valence-corrected chi connectivity index (χ3v) is 4.31. The standard InChI is InChI=1S/C17H26O/c1-12-14(17(2,3)4)10-11-15(18)16(12)13-8-6-5-7-9-13/h10-11,13,18H,5-9H2,1-4H3. The Morgan fingerprint density at radius 2 is 1.67 bits per heavy atom. The second-order valence-electron chi connectivity index (χ2n) is 6.76. The molecule has 18 heavy (non-hydrogen) atoms. The summed E-state index contributed by atoms with van der Waals surface area (Å²) < 4.78 is 0. The molecule has 0 bridgehead atoms. The minimum atomic E-state index is 0.154. The quantitative estimate of drug-likeness (QED) is 0.735. The van der Waals surface area contributed by atoms with Crippen molar-refractivity contribution in [1.29, 1.82) is 0 Å². The highest BCUT2D eigenvalue weighted by Gasteiger charge is 2.25. The first-order valence-corrected chi connectivity index (χ1v) is 7.24. The summed E-state index contributed by atoms with van der Waals surface area (Å²) in [6, 6.07) is 3.99. The lowest BCUT2D eigenvalue weighted by molar-refractivity contribution is 0.411. The van der Waals surface area contributed by atoms with E-state index in [2.05, 4.69) is 33.8 Å². The number of hydrogen-bond acceptors (Lipinski definition) is 1. The number of rotatable bonds is 1. The maximum Gasteiger partial charge on any atom is 0.119 e. The van der Waals surface area contributed by atoms with Crippen molar-refractivity contribution in [3.63, 3.8) is 0 Å². The molecule has 0 atom stereocenters. The molecule has 0 amide bonds. The van der Waals surface area contributed by atoms with E-state index in [1.165, 1.54) is 48.8 Å². The second kappa shape index (κ2) is 4.95. The lowest BCUT2D eigenvalue weighted by Crippen LogP contribution is -2.16. The van der Waals surface area contributed by atoms with E-state index in [0.29, 0.717) is 11.7 Å². The van der Waals surface area contributed by atoms with Crippen LogP contribution in [0, 0.1) is 6.92 Å². The van der Waals surface area contributed by atoms with E-state index in [9.17, 15) is 5.11 Å². The largest absolute Gasteiger partial charge is 0.508 e. The maximum atomic E-state index is 10.2. The van der Waals surface area contributed by atoms with Gasteiger partial charge in [-0.25, -0.2) is 0 Å². The SMILES string of the molecule is Cc1c(C(C)(C)C)ccc(O)c1C1CCCCC1. The molecule has 1 heteroatoms. The van der Waals surface area contributed by atoms with Crippen LogP contribution in [-0.4, -0.2) is 5.11 Å². The normalized spacial score (nSPS) is 18.0. The van der Waals surface area contributed by atoms with Crippen molar-refractivity contribution >= 4 is 0 Å². The fourth-order valence-electron chi connectivity index (χ4n) is 3.43. The Balaban J connectivity index is 2.45. The molecular weight excluding hydrogens is 220 g/mol. The van der Waals surface area contributed by atoms with Crippen LogP contribution >= 0.6 is 0 Å². The minimum absolute atomic E-state index is 0.154. The highest BCUT2D eigenvalue weighted by Crippen LogP contribution is 2.41. The van der Waals surface area contributed by atoms with E-state index in [-0.39, 0.29) is 5.41 Å². The summed E-state index contributed by atoms with van der Waals surface area (Å²) in [4.78, 5) is 0. The van der Waals surface area contributed by atoms with Gasteiger partial charge in [-0.2, -0.15) is 0 Å². The number of hydrogen-bond donors (Lipinski definition) is 1. The van der Waals surface area contributed by atoms with Crippen LogP contribution in [0.5, 0.6) is 5.75 Å². The predicted octanol–water partition coefficient (Wildman–Crippen LogP) is 5.05. The smallest absolute Gasteiger partial charge is 0.119 e. The molecule has 1 aliphatic rings. The number of aromatic hydroxyl groups is 1. The van der Waals surface area contributed by atoms with E-state index >= 15 is 0 Å². The molecule has 1 nitrogen and oxygen atoms in total. The van der Waals surface area contributed by atoms with Gasteiger partial charge in [0.1, 0.15) is 5.75 Å². The third kappa shape index (κ3) is 2.55. The molecule has 1 aromatic carbocycles.